The summed E-state index contributed by atoms with van der Waals surface area (Å²) in [5.41, 5.74) is 5.68. The van der Waals surface area contributed by atoms with Crippen LogP contribution in [-0.2, 0) is 13.0 Å². The van der Waals surface area contributed by atoms with Crippen molar-refractivity contribution >= 4 is 23.2 Å². The van der Waals surface area contributed by atoms with Gasteiger partial charge in [-0.1, -0.05) is 29.8 Å². The number of halogens is 1. The molecule has 5 nitrogen and oxygen atoms in total. The molecule has 0 bridgehead atoms. The minimum Gasteiger partial charge on any atom is -0.385 e. The highest BCUT2D eigenvalue weighted by atomic mass is 35.5. The predicted octanol–water partition coefficient (Wildman–Crippen LogP) is 3.80. The molecule has 1 amide bonds. The van der Waals surface area contributed by atoms with E-state index in [2.05, 4.69) is 38.6 Å². The fraction of sp³-hybridized carbons (Fsp3) is 0.500. The van der Waals surface area contributed by atoms with E-state index in [0.29, 0.717) is 11.8 Å². The first-order chi connectivity index (χ1) is 15.6. The monoisotopic (exact) mass is 452 g/mol. The number of carbonyl (C=O) groups is 1. The molecule has 3 aliphatic rings. The maximum Gasteiger partial charge on any atom is 0.254 e. The molecule has 0 saturated carbocycles. The van der Waals surface area contributed by atoms with Gasteiger partial charge in [0.2, 0.25) is 0 Å². The first-order valence-electron chi connectivity index (χ1n) is 11.9. The molecule has 6 heteroatoms. The van der Waals surface area contributed by atoms with E-state index in [-0.39, 0.29) is 5.91 Å². The Morgan fingerprint density at radius 3 is 2.75 bits per heavy atom. The molecular weight excluding hydrogens is 420 g/mol. The summed E-state index contributed by atoms with van der Waals surface area (Å²) in [5, 5.41) is 7.71. The number of hydrogen-bond acceptors (Lipinski definition) is 4. The second kappa shape index (κ2) is 9.42. The minimum absolute atomic E-state index is 0.241. The lowest BCUT2D eigenvalue weighted by molar-refractivity contribution is 0.0772. The Bertz CT molecular complexity index is 980. The number of likely N-dealkylation sites (tertiary alicyclic amines) is 2. The van der Waals surface area contributed by atoms with Crippen molar-refractivity contribution < 1.29 is 4.79 Å². The summed E-state index contributed by atoms with van der Waals surface area (Å²) < 4.78 is 0. The molecule has 5 rings (SSSR count). The fourth-order valence-electron chi connectivity index (χ4n) is 5.58. The van der Waals surface area contributed by atoms with Crippen molar-refractivity contribution in [1.82, 2.24) is 15.1 Å². The lowest BCUT2D eigenvalue weighted by Gasteiger charge is -2.25. The highest BCUT2D eigenvalue weighted by molar-refractivity contribution is 6.31. The summed E-state index contributed by atoms with van der Waals surface area (Å²) in [7, 11) is 0. The largest absolute Gasteiger partial charge is 0.385 e. The second-order valence-electron chi connectivity index (χ2n) is 9.60. The van der Waals surface area contributed by atoms with Crippen molar-refractivity contribution in [1.29, 1.82) is 0 Å². The Morgan fingerprint density at radius 2 is 1.97 bits per heavy atom. The summed E-state index contributed by atoms with van der Waals surface area (Å²) >= 11 is 6.21. The van der Waals surface area contributed by atoms with Crippen molar-refractivity contribution in [3.05, 3.63) is 63.7 Å². The minimum atomic E-state index is 0.241. The molecule has 2 unspecified atom stereocenters. The zero-order chi connectivity index (χ0) is 22.1. The van der Waals surface area contributed by atoms with Gasteiger partial charge in [-0.2, -0.15) is 0 Å². The van der Waals surface area contributed by atoms with Gasteiger partial charge in [0.15, 0.2) is 0 Å². The molecular formula is C26H33ClN4O. The highest BCUT2D eigenvalue weighted by Crippen LogP contribution is 2.33. The molecule has 0 aromatic heterocycles. The number of nitrogens with zero attached hydrogens (tertiary/aromatic N) is 2. The van der Waals surface area contributed by atoms with Gasteiger partial charge in [0.1, 0.15) is 0 Å². The topological polar surface area (TPSA) is 47.6 Å². The second-order valence-corrected chi connectivity index (χ2v) is 10.0. The van der Waals surface area contributed by atoms with Crippen LogP contribution >= 0.6 is 11.6 Å². The number of anilines is 1. The van der Waals surface area contributed by atoms with Gasteiger partial charge < -0.3 is 20.4 Å². The third kappa shape index (κ3) is 4.52. The summed E-state index contributed by atoms with van der Waals surface area (Å²) in [4.78, 5) is 18.0. The summed E-state index contributed by atoms with van der Waals surface area (Å²) in [6, 6.07) is 12.4. The summed E-state index contributed by atoms with van der Waals surface area (Å²) in [5.74, 6) is 1.47. The molecule has 2 saturated heterocycles. The van der Waals surface area contributed by atoms with Crippen LogP contribution in [0.1, 0.15) is 33.5 Å². The van der Waals surface area contributed by atoms with Crippen molar-refractivity contribution in [2.75, 3.05) is 51.1 Å². The lowest BCUT2D eigenvalue weighted by Crippen LogP contribution is -2.35. The van der Waals surface area contributed by atoms with Crippen LogP contribution < -0.4 is 10.6 Å². The molecule has 32 heavy (non-hydrogen) atoms. The van der Waals surface area contributed by atoms with Gasteiger partial charge in [-0.15, -0.1) is 0 Å². The van der Waals surface area contributed by atoms with Gasteiger partial charge in [0, 0.05) is 55.5 Å². The van der Waals surface area contributed by atoms with Crippen LogP contribution in [0.4, 0.5) is 5.69 Å². The van der Waals surface area contributed by atoms with Crippen LogP contribution in [0, 0.1) is 18.8 Å². The Balaban J connectivity index is 1.09. The van der Waals surface area contributed by atoms with Crippen LogP contribution in [-0.4, -0.2) is 61.5 Å². The third-order valence-electron chi connectivity index (χ3n) is 7.37. The van der Waals surface area contributed by atoms with Crippen LogP contribution in [0.3, 0.4) is 0 Å². The molecule has 2 atom stereocenters. The maximum absolute atomic E-state index is 13.3. The van der Waals surface area contributed by atoms with E-state index in [4.69, 9.17) is 11.6 Å². The molecule has 0 spiro atoms. The van der Waals surface area contributed by atoms with E-state index in [1.807, 2.05) is 25.1 Å². The number of aryl methyl sites for hydroxylation is 1. The molecule has 170 valence electrons. The number of nitrogens with one attached hydrogen (secondary N) is 2. The van der Waals surface area contributed by atoms with E-state index in [1.54, 1.807) is 0 Å². The zero-order valence-corrected chi connectivity index (χ0v) is 19.6. The van der Waals surface area contributed by atoms with Gasteiger partial charge in [-0.3, -0.25) is 4.79 Å². The lowest BCUT2D eigenvalue weighted by atomic mass is 9.95. The molecule has 3 aliphatic heterocycles. The molecule has 2 fully saturated rings. The van der Waals surface area contributed by atoms with Crippen molar-refractivity contribution in [2.45, 2.75) is 26.3 Å². The van der Waals surface area contributed by atoms with E-state index in [0.717, 1.165) is 87.0 Å². The first-order valence-corrected chi connectivity index (χ1v) is 12.3. The van der Waals surface area contributed by atoms with Gasteiger partial charge in [-0.05, 0) is 79.6 Å². The van der Waals surface area contributed by atoms with Crippen LogP contribution in [0.25, 0.3) is 0 Å². The van der Waals surface area contributed by atoms with Gasteiger partial charge in [0.25, 0.3) is 5.91 Å². The predicted molar refractivity (Wildman–Crippen MR) is 130 cm³/mol. The number of benzene rings is 2. The van der Waals surface area contributed by atoms with Crippen molar-refractivity contribution in [3.63, 3.8) is 0 Å². The number of hydrogen-bond donors (Lipinski definition) is 2. The molecule has 0 radical (unpaired) electrons. The van der Waals surface area contributed by atoms with Crippen LogP contribution in [0.2, 0.25) is 5.02 Å². The normalized spacial score (nSPS) is 22.6. The van der Waals surface area contributed by atoms with Crippen molar-refractivity contribution in [3.8, 4) is 0 Å². The molecule has 2 aromatic rings. The molecule has 0 aliphatic carbocycles. The van der Waals surface area contributed by atoms with Gasteiger partial charge in [-0.25, -0.2) is 0 Å². The molecule has 2 N–H and O–H groups in total. The highest BCUT2D eigenvalue weighted by Gasteiger charge is 2.41. The quantitative estimate of drug-likeness (QED) is 0.654. The first kappa shape index (κ1) is 21.7. The van der Waals surface area contributed by atoms with E-state index in [1.165, 1.54) is 11.1 Å². The average molecular weight is 453 g/mol. The SMILES string of the molecule is Cc1ccc(NCCCN2CC3CN(C(=O)c4cccc5c4CCNC5)CC3C2)cc1Cl. The van der Waals surface area contributed by atoms with E-state index in [9.17, 15) is 4.79 Å². The van der Waals surface area contributed by atoms with Crippen LogP contribution in [0.15, 0.2) is 36.4 Å². The average Bonchev–Trinajstić information content (AvgIpc) is 3.37. The Hall–Kier alpha value is -2.08. The fourth-order valence-corrected chi connectivity index (χ4v) is 5.76. The smallest absolute Gasteiger partial charge is 0.254 e. The Morgan fingerprint density at radius 1 is 1.16 bits per heavy atom. The Labute approximate surface area is 196 Å². The standard InChI is InChI=1S/C26H33ClN4O/c1-18-6-7-22(12-25(18)27)29-9-3-11-30-14-20-16-31(17-21(20)15-30)26(32)24-5-2-4-19-13-28-10-8-23(19)24/h2,4-7,12,20-21,28-29H,3,8-11,13-17H2,1H3. The Kier molecular flexibility index (Phi) is 6.40. The summed E-state index contributed by atoms with van der Waals surface area (Å²) in [6.07, 6.45) is 2.06. The number of carbonyl (C=O) groups excluding carboxylic acids is 1. The number of fused-ring (bicyclic) bond motifs is 2. The van der Waals surface area contributed by atoms with Gasteiger partial charge >= 0.3 is 0 Å². The number of amides is 1. The molecule has 3 heterocycles. The third-order valence-corrected chi connectivity index (χ3v) is 7.78. The van der Waals surface area contributed by atoms with Gasteiger partial charge in [0.05, 0.1) is 0 Å². The molecule has 2 aromatic carbocycles. The van der Waals surface area contributed by atoms with E-state index >= 15 is 0 Å². The maximum atomic E-state index is 13.3. The zero-order valence-electron chi connectivity index (χ0n) is 18.9. The van der Waals surface area contributed by atoms with E-state index < -0.39 is 0 Å². The van der Waals surface area contributed by atoms with Crippen molar-refractivity contribution in [2.24, 2.45) is 11.8 Å². The number of rotatable bonds is 6. The van der Waals surface area contributed by atoms with Crippen LogP contribution in [0.5, 0.6) is 0 Å². The summed E-state index contributed by atoms with van der Waals surface area (Å²) in [6.45, 7) is 9.95.